The van der Waals surface area contributed by atoms with E-state index in [1.165, 1.54) is 0 Å². The third kappa shape index (κ3) is 4.59. The van der Waals surface area contributed by atoms with Crippen LogP contribution in [0, 0.1) is 0 Å². The van der Waals surface area contributed by atoms with E-state index in [2.05, 4.69) is 9.36 Å². The fourth-order valence-corrected chi connectivity index (χ4v) is 2.77. The Labute approximate surface area is 82.3 Å². The summed E-state index contributed by atoms with van der Waals surface area (Å²) in [4.78, 5) is 0. The minimum atomic E-state index is -1.49. The van der Waals surface area contributed by atoms with E-state index in [1.807, 2.05) is 30.3 Å². The fourth-order valence-electron chi connectivity index (χ4n) is 0.771. The van der Waals surface area contributed by atoms with Gasteiger partial charge in [-0.15, -0.1) is 12.4 Å². The molecule has 60 valence electrons. The van der Waals surface area contributed by atoms with Gasteiger partial charge >= 0.3 is 70.2 Å². The van der Waals surface area contributed by atoms with Gasteiger partial charge in [0.25, 0.3) is 0 Å². The van der Waals surface area contributed by atoms with Gasteiger partial charge in [-0.25, -0.2) is 0 Å². The minimum absolute atomic E-state index is 0. The molecule has 0 aliphatic rings. The van der Waals surface area contributed by atoms with Crippen molar-refractivity contribution in [1.29, 1.82) is 0 Å². The van der Waals surface area contributed by atoms with Crippen LogP contribution >= 0.6 is 12.4 Å². The zero-order valence-electron chi connectivity index (χ0n) is 6.78. The van der Waals surface area contributed by atoms with Crippen molar-refractivity contribution in [2.75, 3.05) is 0 Å². The normalized spacial score (nSPS) is 8.18. The summed E-state index contributed by atoms with van der Waals surface area (Å²) in [5.74, 6) is 1.04. The van der Waals surface area contributed by atoms with E-state index in [-0.39, 0.29) is 12.4 Å². The quantitative estimate of drug-likeness (QED) is 0.806. The van der Waals surface area contributed by atoms with Crippen LogP contribution < -0.4 is 2.85 Å². The van der Waals surface area contributed by atoms with E-state index in [1.54, 1.807) is 0 Å². The van der Waals surface area contributed by atoms with Crippen molar-refractivity contribution in [2.45, 2.75) is 9.36 Å². The Morgan fingerprint density at radius 1 is 1.09 bits per heavy atom. The molecule has 0 aliphatic heterocycles. The van der Waals surface area contributed by atoms with Crippen LogP contribution in [0.2, 0.25) is 9.36 Å². The molecule has 0 amide bonds. The molecule has 0 fully saturated rings. The van der Waals surface area contributed by atoms with Gasteiger partial charge in [-0.1, -0.05) is 0 Å². The predicted octanol–water partition coefficient (Wildman–Crippen LogP) is 2.74. The van der Waals surface area contributed by atoms with Crippen molar-refractivity contribution in [3.05, 3.63) is 30.3 Å². The van der Waals surface area contributed by atoms with E-state index < -0.39 is 21.9 Å². The van der Waals surface area contributed by atoms with Crippen LogP contribution in [0.3, 0.4) is 0 Å². The maximum atomic E-state index is 5.62. The maximum absolute atomic E-state index is 5.62. The first-order valence-electron chi connectivity index (χ1n) is 3.51. The van der Waals surface area contributed by atoms with E-state index in [9.17, 15) is 0 Å². The number of para-hydroxylation sites is 1. The second-order valence-electron chi connectivity index (χ2n) is 2.48. The van der Waals surface area contributed by atoms with Crippen LogP contribution in [-0.2, 0) is 0 Å². The Kier molecular flexibility index (Phi) is 5.88. The summed E-state index contributed by atoms with van der Waals surface area (Å²) >= 11 is -1.49. The Morgan fingerprint density at radius 2 is 1.64 bits per heavy atom. The molecule has 0 heterocycles. The molecule has 0 atom stereocenters. The summed E-state index contributed by atoms with van der Waals surface area (Å²) in [5.41, 5.74) is 0. The van der Waals surface area contributed by atoms with Crippen LogP contribution in [-0.4, -0.2) is 21.9 Å². The third-order valence-corrected chi connectivity index (χ3v) is 3.24. The number of halogens is 1. The topological polar surface area (TPSA) is 9.23 Å². The molecule has 0 bridgehead atoms. The molecule has 1 rings (SSSR count). The summed E-state index contributed by atoms with van der Waals surface area (Å²) in [5, 5.41) is 0. The Balaban J connectivity index is 0.000001000. The summed E-state index contributed by atoms with van der Waals surface area (Å²) in [6, 6.07) is 10.0. The van der Waals surface area contributed by atoms with Crippen molar-refractivity contribution in [3.63, 3.8) is 0 Å². The van der Waals surface area contributed by atoms with Gasteiger partial charge in [0.1, 0.15) is 0 Å². The van der Waals surface area contributed by atoms with Gasteiger partial charge in [0, 0.05) is 0 Å². The van der Waals surface area contributed by atoms with Crippen molar-refractivity contribution < 1.29 is 2.85 Å². The molecule has 0 N–H and O–H groups in total. The summed E-state index contributed by atoms with van der Waals surface area (Å²) in [7, 11) is 0. The summed E-state index contributed by atoms with van der Waals surface area (Å²) in [6.45, 7) is 0. The third-order valence-electron chi connectivity index (χ3n) is 1.11. The van der Waals surface area contributed by atoms with Crippen LogP contribution in [0.5, 0.6) is 5.75 Å². The van der Waals surface area contributed by atoms with Crippen LogP contribution in [0.1, 0.15) is 0 Å². The van der Waals surface area contributed by atoms with Gasteiger partial charge in [0.2, 0.25) is 0 Å². The van der Waals surface area contributed by atoms with E-state index in [0.717, 1.165) is 5.75 Å². The number of rotatable bonds is 2. The van der Waals surface area contributed by atoms with E-state index in [0.29, 0.717) is 0 Å². The van der Waals surface area contributed by atoms with Crippen molar-refractivity contribution >= 4 is 34.3 Å². The summed E-state index contributed by atoms with van der Waals surface area (Å²) in [6.07, 6.45) is 0. The van der Waals surface area contributed by atoms with Crippen molar-refractivity contribution in [3.8, 4) is 5.75 Å². The standard InChI is InChI=1S/C6H6O.2CH3.ClH.In/c7-6-4-2-1-3-5-6;;;;/h1-5,7H;2*1H3;1H;/q;;;;+1/p-1. The fraction of sp³-hybridized carbons (Fsp3) is 0.250. The molecular formula is C8H12ClInO. The van der Waals surface area contributed by atoms with Crippen molar-refractivity contribution in [1.82, 2.24) is 0 Å². The predicted molar refractivity (Wildman–Crippen MR) is 51.8 cm³/mol. The second-order valence-corrected chi connectivity index (χ2v) is 9.14. The molecule has 11 heavy (non-hydrogen) atoms. The average molecular weight is 274 g/mol. The molecule has 0 aliphatic carbocycles. The molecule has 0 saturated heterocycles. The Hall–Kier alpha value is 0.180. The van der Waals surface area contributed by atoms with Crippen LogP contribution in [0.25, 0.3) is 0 Å². The second kappa shape index (κ2) is 5.78. The average Bonchev–Trinajstić information content (AvgIpc) is 1.88. The molecule has 1 aromatic rings. The van der Waals surface area contributed by atoms with Gasteiger partial charge in [-0.2, -0.15) is 0 Å². The van der Waals surface area contributed by atoms with Crippen LogP contribution in [0.4, 0.5) is 0 Å². The molecule has 0 saturated carbocycles. The number of hydrogen-bond donors (Lipinski definition) is 0. The molecule has 3 heteroatoms. The van der Waals surface area contributed by atoms with Gasteiger partial charge in [0.05, 0.1) is 0 Å². The first-order chi connectivity index (χ1) is 4.79. The molecule has 0 spiro atoms. The van der Waals surface area contributed by atoms with Gasteiger partial charge in [-0.3, -0.25) is 0 Å². The molecule has 1 nitrogen and oxygen atoms in total. The number of benzene rings is 1. The molecule has 0 unspecified atom stereocenters. The van der Waals surface area contributed by atoms with Crippen molar-refractivity contribution in [2.24, 2.45) is 0 Å². The van der Waals surface area contributed by atoms with Gasteiger partial charge in [0.15, 0.2) is 0 Å². The zero-order valence-corrected chi connectivity index (χ0v) is 10.9. The van der Waals surface area contributed by atoms with E-state index in [4.69, 9.17) is 2.85 Å². The summed E-state index contributed by atoms with van der Waals surface area (Å²) < 4.78 is 10.1. The first-order valence-corrected chi connectivity index (χ1v) is 11.4. The van der Waals surface area contributed by atoms with Crippen LogP contribution in [0.15, 0.2) is 30.3 Å². The first kappa shape index (κ1) is 11.2. The zero-order chi connectivity index (χ0) is 7.40. The van der Waals surface area contributed by atoms with Gasteiger partial charge < -0.3 is 0 Å². The monoisotopic (exact) mass is 274 g/mol. The Morgan fingerprint density at radius 3 is 2.09 bits per heavy atom. The van der Waals surface area contributed by atoms with E-state index >= 15 is 0 Å². The molecular weight excluding hydrogens is 262 g/mol. The number of hydrogen-bond acceptors (Lipinski definition) is 1. The Bertz CT molecular complexity index is 189. The molecule has 0 radical (unpaired) electrons. The SMILES string of the molecule is Cl.[CH3][In]([CH3])[O]c1ccccc1. The molecule has 0 aromatic heterocycles. The molecule has 1 aromatic carbocycles. The van der Waals surface area contributed by atoms with Gasteiger partial charge in [-0.05, 0) is 0 Å².